The maximum Gasteiger partial charge on any atom is 0.123 e. The summed E-state index contributed by atoms with van der Waals surface area (Å²) in [7, 11) is 0. The van der Waals surface area contributed by atoms with Crippen LogP contribution in [-0.4, -0.2) is 28.7 Å². The molecule has 0 spiro atoms. The molecule has 0 aliphatic heterocycles. The lowest BCUT2D eigenvalue weighted by molar-refractivity contribution is 0.0242. The predicted molar refractivity (Wildman–Crippen MR) is 57.5 cm³/mol. The number of benzene rings is 1. The fraction of sp³-hybridized carbons (Fsp3) is 0.300. The smallest absolute Gasteiger partial charge is 0.123 e. The van der Waals surface area contributed by atoms with Crippen molar-refractivity contribution in [2.75, 3.05) is 6.54 Å². The second kappa shape index (κ2) is 4.88. The van der Waals surface area contributed by atoms with E-state index in [2.05, 4.69) is 0 Å². The van der Waals surface area contributed by atoms with Crippen LogP contribution in [0.5, 0.6) is 0 Å². The molecule has 0 radical (unpaired) electrons. The molecule has 0 saturated carbocycles. The molecule has 7 N–H and O–H groups in total. The van der Waals surface area contributed by atoms with Crippen molar-refractivity contribution in [3.63, 3.8) is 0 Å². The van der Waals surface area contributed by atoms with E-state index >= 15 is 0 Å². The van der Waals surface area contributed by atoms with Crippen LogP contribution in [0.1, 0.15) is 17.2 Å². The summed E-state index contributed by atoms with van der Waals surface area (Å²) in [6, 6.07) is 6.64. The average Bonchev–Trinajstić information content (AvgIpc) is 2.27. The van der Waals surface area contributed by atoms with Gasteiger partial charge in [0.25, 0.3) is 0 Å². The fourth-order valence-electron chi connectivity index (χ4n) is 1.34. The van der Waals surface area contributed by atoms with Crippen LogP contribution < -0.4 is 11.5 Å². The van der Waals surface area contributed by atoms with E-state index in [4.69, 9.17) is 16.9 Å². The van der Waals surface area contributed by atoms with E-state index in [0.29, 0.717) is 11.1 Å². The first kappa shape index (κ1) is 11.6. The summed E-state index contributed by atoms with van der Waals surface area (Å²) in [5.74, 6) is -0.145. The summed E-state index contributed by atoms with van der Waals surface area (Å²) >= 11 is 0. The molecule has 15 heavy (non-hydrogen) atoms. The van der Waals surface area contributed by atoms with Crippen LogP contribution in [0.25, 0.3) is 0 Å². The third kappa shape index (κ3) is 2.53. The highest BCUT2D eigenvalue weighted by Gasteiger charge is 2.20. The number of aliphatic hydroxyl groups is 2. The zero-order chi connectivity index (χ0) is 11.4. The van der Waals surface area contributed by atoms with Crippen LogP contribution in [-0.2, 0) is 0 Å². The number of hydrogen-bond donors (Lipinski definition) is 5. The van der Waals surface area contributed by atoms with Crippen molar-refractivity contribution < 1.29 is 10.2 Å². The third-order valence-electron chi connectivity index (χ3n) is 2.18. The number of amidine groups is 1. The summed E-state index contributed by atoms with van der Waals surface area (Å²) < 4.78 is 0. The first-order valence-corrected chi connectivity index (χ1v) is 4.57. The number of rotatable bonds is 4. The molecule has 1 rings (SSSR count). The molecule has 0 amide bonds. The van der Waals surface area contributed by atoms with Crippen LogP contribution in [0.15, 0.2) is 24.3 Å². The first-order chi connectivity index (χ1) is 7.07. The van der Waals surface area contributed by atoms with Crippen molar-refractivity contribution in [2.45, 2.75) is 12.2 Å². The van der Waals surface area contributed by atoms with Crippen molar-refractivity contribution in [3.05, 3.63) is 35.4 Å². The van der Waals surface area contributed by atoms with Gasteiger partial charge in [0.15, 0.2) is 0 Å². The largest absolute Gasteiger partial charge is 0.389 e. The van der Waals surface area contributed by atoms with Gasteiger partial charge in [-0.05, 0) is 5.56 Å². The number of nitrogen functional groups attached to an aromatic ring is 1. The average molecular weight is 209 g/mol. The molecule has 2 unspecified atom stereocenters. The summed E-state index contributed by atoms with van der Waals surface area (Å²) in [5, 5.41) is 26.5. The molecular formula is C10H15N3O2. The molecule has 0 bridgehead atoms. The van der Waals surface area contributed by atoms with E-state index < -0.39 is 12.2 Å². The van der Waals surface area contributed by atoms with E-state index in [-0.39, 0.29) is 12.4 Å². The zero-order valence-electron chi connectivity index (χ0n) is 8.22. The molecule has 1 aromatic carbocycles. The Morgan fingerprint density at radius 3 is 2.47 bits per heavy atom. The standard InChI is InChI=1S/C10H15N3O2/c11-5-8(14)9(15)6-3-1-2-4-7(6)10(12)13/h1-4,8-9,14-15H,5,11H2,(H3,12,13). The molecule has 2 atom stereocenters. The normalized spacial score (nSPS) is 14.6. The molecule has 0 fully saturated rings. The molecule has 5 heteroatoms. The predicted octanol–water partition coefficient (Wildman–Crippen LogP) is -0.676. The SMILES string of the molecule is N=C(N)c1ccccc1C(O)C(O)CN. The number of nitrogens with one attached hydrogen (secondary N) is 1. The van der Waals surface area contributed by atoms with Gasteiger partial charge in [-0.25, -0.2) is 0 Å². The minimum absolute atomic E-state index is 0.0482. The zero-order valence-corrected chi connectivity index (χ0v) is 8.22. The van der Waals surface area contributed by atoms with E-state index in [1.807, 2.05) is 0 Å². The first-order valence-electron chi connectivity index (χ1n) is 4.57. The highest BCUT2D eigenvalue weighted by Crippen LogP contribution is 2.20. The molecule has 0 aliphatic rings. The Bertz CT molecular complexity index is 354. The molecule has 0 heterocycles. The molecule has 0 aliphatic carbocycles. The number of nitrogens with two attached hydrogens (primary N) is 2. The van der Waals surface area contributed by atoms with Gasteiger partial charge < -0.3 is 21.7 Å². The van der Waals surface area contributed by atoms with E-state index in [1.54, 1.807) is 24.3 Å². The maximum absolute atomic E-state index is 9.74. The van der Waals surface area contributed by atoms with Gasteiger partial charge in [0, 0.05) is 12.1 Å². The molecule has 0 aromatic heterocycles. The van der Waals surface area contributed by atoms with Crippen molar-refractivity contribution in [3.8, 4) is 0 Å². The van der Waals surface area contributed by atoms with Crippen LogP contribution in [0.4, 0.5) is 0 Å². The van der Waals surface area contributed by atoms with E-state index in [9.17, 15) is 10.2 Å². The Balaban J connectivity index is 3.07. The Kier molecular flexibility index (Phi) is 3.79. The van der Waals surface area contributed by atoms with Crippen molar-refractivity contribution in [2.24, 2.45) is 11.5 Å². The Morgan fingerprint density at radius 2 is 1.93 bits per heavy atom. The van der Waals surface area contributed by atoms with Crippen LogP contribution in [0, 0.1) is 5.41 Å². The summed E-state index contributed by atoms with van der Waals surface area (Å²) in [4.78, 5) is 0. The van der Waals surface area contributed by atoms with Gasteiger partial charge in [0.2, 0.25) is 0 Å². The molecule has 0 saturated heterocycles. The Hall–Kier alpha value is -1.43. The number of hydrogen-bond acceptors (Lipinski definition) is 4. The van der Waals surface area contributed by atoms with Gasteiger partial charge in [0.1, 0.15) is 11.9 Å². The van der Waals surface area contributed by atoms with Crippen molar-refractivity contribution in [1.29, 1.82) is 5.41 Å². The Morgan fingerprint density at radius 1 is 1.33 bits per heavy atom. The second-order valence-electron chi connectivity index (χ2n) is 3.25. The van der Waals surface area contributed by atoms with Gasteiger partial charge in [-0.2, -0.15) is 0 Å². The lowest BCUT2D eigenvalue weighted by Crippen LogP contribution is -2.29. The summed E-state index contributed by atoms with van der Waals surface area (Å²) in [6.45, 7) is -0.0482. The molecular weight excluding hydrogens is 194 g/mol. The van der Waals surface area contributed by atoms with Gasteiger partial charge >= 0.3 is 0 Å². The van der Waals surface area contributed by atoms with Crippen molar-refractivity contribution in [1.82, 2.24) is 0 Å². The summed E-state index contributed by atoms with van der Waals surface area (Å²) in [5.41, 5.74) is 11.4. The molecule has 5 nitrogen and oxygen atoms in total. The van der Waals surface area contributed by atoms with E-state index in [0.717, 1.165) is 0 Å². The highest BCUT2D eigenvalue weighted by atomic mass is 16.3. The van der Waals surface area contributed by atoms with Gasteiger partial charge in [-0.1, -0.05) is 24.3 Å². The lowest BCUT2D eigenvalue weighted by Gasteiger charge is -2.18. The monoisotopic (exact) mass is 209 g/mol. The third-order valence-corrected chi connectivity index (χ3v) is 2.18. The Labute approximate surface area is 87.8 Å². The summed E-state index contributed by atoms with van der Waals surface area (Å²) in [6.07, 6.45) is -2.17. The van der Waals surface area contributed by atoms with Gasteiger partial charge in [-0.3, -0.25) is 5.41 Å². The lowest BCUT2D eigenvalue weighted by atomic mass is 9.98. The minimum atomic E-state index is -1.12. The van der Waals surface area contributed by atoms with Gasteiger partial charge in [0.05, 0.1) is 6.10 Å². The fourth-order valence-corrected chi connectivity index (χ4v) is 1.34. The highest BCUT2D eigenvalue weighted by molar-refractivity contribution is 5.96. The van der Waals surface area contributed by atoms with Crippen LogP contribution >= 0.6 is 0 Å². The van der Waals surface area contributed by atoms with Crippen molar-refractivity contribution >= 4 is 5.84 Å². The van der Waals surface area contributed by atoms with Crippen LogP contribution in [0.3, 0.4) is 0 Å². The quantitative estimate of drug-likeness (QED) is 0.334. The second-order valence-corrected chi connectivity index (χ2v) is 3.25. The maximum atomic E-state index is 9.74. The van der Waals surface area contributed by atoms with Crippen LogP contribution in [0.2, 0.25) is 0 Å². The van der Waals surface area contributed by atoms with Gasteiger partial charge in [-0.15, -0.1) is 0 Å². The topological polar surface area (TPSA) is 116 Å². The minimum Gasteiger partial charge on any atom is -0.389 e. The van der Waals surface area contributed by atoms with E-state index in [1.165, 1.54) is 0 Å². The number of aliphatic hydroxyl groups excluding tert-OH is 2. The molecule has 1 aromatic rings. The molecule has 82 valence electrons.